The lowest BCUT2D eigenvalue weighted by atomic mass is 10.0. The van der Waals surface area contributed by atoms with Crippen LogP contribution in [0.1, 0.15) is 322 Å². The molecule has 0 fully saturated rings. The molecule has 0 aliphatic heterocycles. The van der Waals surface area contributed by atoms with Crippen LogP contribution in [0, 0.1) is 0 Å². The number of esters is 2. The van der Waals surface area contributed by atoms with Crippen LogP contribution < -0.4 is 0 Å². The molecule has 9 heteroatoms. The number of carbonyl (C=O) groups is 2. The smallest absolute Gasteiger partial charge is 0.462 e. The van der Waals surface area contributed by atoms with Gasteiger partial charge in [0.05, 0.1) is 6.61 Å². The maximum absolute atomic E-state index is 12.6. The van der Waals surface area contributed by atoms with Gasteiger partial charge < -0.3 is 14.4 Å². The van der Waals surface area contributed by atoms with Crippen LogP contribution in [0.15, 0.2) is 0 Å². The van der Waals surface area contributed by atoms with E-state index in [1.165, 1.54) is 257 Å². The number of phosphoric ester groups is 1. The van der Waals surface area contributed by atoms with Crippen LogP contribution in [0.3, 0.4) is 0 Å². The first kappa shape index (κ1) is 64.0. The molecule has 388 valence electrons. The highest BCUT2D eigenvalue weighted by atomic mass is 31.2. The van der Waals surface area contributed by atoms with Crippen LogP contribution in [-0.2, 0) is 32.7 Å². The summed E-state index contributed by atoms with van der Waals surface area (Å²) in [5.74, 6) is -0.776. The number of carbonyl (C=O) groups excluding carboxylic acids is 2. The van der Waals surface area contributed by atoms with E-state index in [0.717, 1.165) is 45.6 Å². The van der Waals surface area contributed by atoms with Gasteiger partial charge in [0.1, 0.15) is 6.61 Å². The van der Waals surface area contributed by atoms with E-state index in [9.17, 15) is 19.0 Å². The molecule has 8 nitrogen and oxygen atoms in total. The van der Waals surface area contributed by atoms with Crippen molar-refractivity contribution >= 4 is 19.8 Å². The maximum Gasteiger partial charge on any atom is 0.472 e. The molecule has 1 N–H and O–H groups in total. The van der Waals surface area contributed by atoms with Crippen LogP contribution in [0.5, 0.6) is 0 Å². The van der Waals surface area contributed by atoms with E-state index in [1.54, 1.807) is 0 Å². The van der Waals surface area contributed by atoms with E-state index in [-0.39, 0.29) is 25.6 Å². The first-order valence-electron chi connectivity index (χ1n) is 28.7. The summed E-state index contributed by atoms with van der Waals surface area (Å²) in [7, 11) is -3.19. The fourth-order valence-corrected chi connectivity index (χ4v) is 9.42. The van der Waals surface area contributed by atoms with Crippen LogP contribution in [-0.4, -0.2) is 43.3 Å². The summed E-state index contributed by atoms with van der Waals surface area (Å²) in [5, 5.41) is 0. The SMILES string of the molecule is CCCCCCCCCCCCCCCCCCCCCCCCCCC(=O)OC(COC(=O)CCCCCCCCCCCCCCCCCCCCCCCC)COP(=O)(O)OC. The van der Waals surface area contributed by atoms with E-state index >= 15 is 0 Å². The highest BCUT2D eigenvalue weighted by molar-refractivity contribution is 7.47. The Morgan fingerprint density at radius 2 is 0.600 bits per heavy atom. The molecule has 0 bridgehead atoms. The predicted octanol–water partition coefficient (Wildman–Crippen LogP) is 19.0. The Kier molecular flexibility index (Phi) is 51.7. The third kappa shape index (κ3) is 52.3. The summed E-state index contributed by atoms with van der Waals surface area (Å²) in [4.78, 5) is 34.8. The zero-order chi connectivity index (χ0) is 47.4. The van der Waals surface area contributed by atoms with Crippen LogP contribution in [0.25, 0.3) is 0 Å². The molecule has 0 saturated heterocycles. The zero-order valence-electron chi connectivity index (χ0n) is 43.7. The Hall–Kier alpha value is -0.950. The summed E-state index contributed by atoms with van der Waals surface area (Å²) < 4.78 is 32.3. The summed E-state index contributed by atoms with van der Waals surface area (Å²) in [6.45, 7) is 3.97. The van der Waals surface area contributed by atoms with Crippen molar-refractivity contribution in [3.05, 3.63) is 0 Å². The number of hydrogen-bond acceptors (Lipinski definition) is 7. The third-order valence-corrected chi connectivity index (χ3v) is 14.3. The molecule has 2 unspecified atom stereocenters. The van der Waals surface area contributed by atoms with Crippen LogP contribution >= 0.6 is 7.82 Å². The Morgan fingerprint density at radius 1 is 0.369 bits per heavy atom. The Morgan fingerprint density at radius 3 is 0.846 bits per heavy atom. The summed E-state index contributed by atoms with van der Waals surface area (Å²) in [6.07, 6.45) is 60.5. The maximum atomic E-state index is 12.6. The van der Waals surface area contributed by atoms with Gasteiger partial charge in [0.25, 0.3) is 0 Å². The van der Waals surface area contributed by atoms with Gasteiger partial charge in [-0.2, -0.15) is 0 Å². The molecule has 0 aliphatic rings. The van der Waals surface area contributed by atoms with E-state index in [4.69, 9.17) is 14.0 Å². The molecule has 0 aromatic rings. The number of phosphoric acid groups is 1. The van der Waals surface area contributed by atoms with Crippen LogP contribution in [0.2, 0.25) is 0 Å². The average molecular weight is 943 g/mol. The molecule has 0 amide bonds. The lowest BCUT2D eigenvalue weighted by Crippen LogP contribution is -2.29. The topological polar surface area (TPSA) is 108 Å². The van der Waals surface area contributed by atoms with Gasteiger partial charge in [-0.15, -0.1) is 0 Å². The van der Waals surface area contributed by atoms with Gasteiger partial charge >= 0.3 is 19.8 Å². The lowest BCUT2D eigenvalue weighted by Gasteiger charge is -2.19. The van der Waals surface area contributed by atoms with E-state index in [1.807, 2.05) is 0 Å². The molecule has 0 radical (unpaired) electrons. The Balaban J connectivity index is 3.77. The predicted molar refractivity (Wildman–Crippen MR) is 277 cm³/mol. The second-order valence-electron chi connectivity index (χ2n) is 19.8. The van der Waals surface area contributed by atoms with Crippen molar-refractivity contribution in [1.29, 1.82) is 0 Å². The van der Waals surface area contributed by atoms with Gasteiger partial charge in [0, 0.05) is 20.0 Å². The molecule has 65 heavy (non-hydrogen) atoms. The van der Waals surface area contributed by atoms with Crippen molar-refractivity contribution in [1.82, 2.24) is 0 Å². The fraction of sp³-hybridized carbons (Fsp3) is 0.964. The molecule has 0 spiro atoms. The minimum Gasteiger partial charge on any atom is -0.462 e. The van der Waals surface area contributed by atoms with Gasteiger partial charge in [-0.1, -0.05) is 296 Å². The number of hydrogen-bond donors (Lipinski definition) is 1. The zero-order valence-corrected chi connectivity index (χ0v) is 44.6. The third-order valence-electron chi connectivity index (χ3n) is 13.4. The van der Waals surface area contributed by atoms with E-state index in [0.29, 0.717) is 6.42 Å². The van der Waals surface area contributed by atoms with E-state index < -0.39 is 19.9 Å². The van der Waals surface area contributed by atoms with Gasteiger partial charge in [-0.05, 0) is 12.8 Å². The quantitative estimate of drug-likeness (QED) is 0.0365. The molecular weight excluding hydrogens is 832 g/mol. The highest BCUT2D eigenvalue weighted by Gasteiger charge is 2.25. The second kappa shape index (κ2) is 52.4. The molecule has 2 atom stereocenters. The van der Waals surface area contributed by atoms with Crippen LogP contribution in [0.4, 0.5) is 0 Å². The Bertz CT molecular complexity index is 1020. The molecule has 0 saturated carbocycles. The molecule has 0 aromatic heterocycles. The number of unbranched alkanes of at least 4 members (excludes halogenated alkanes) is 44. The fourth-order valence-electron chi connectivity index (χ4n) is 8.96. The van der Waals surface area contributed by atoms with Crippen molar-refractivity contribution in [2.75, 3.05) is 20.3 Å². The first-order chi connectivity index (χ1) is 31.8. The normalized spacial score (nSPS) is 13.0. The van der Waals surface area contributed by atoms with Gasteiger partial charge in [-0.3, -0.25) is 18.6 Å². The summed E-state index contributed by atoms with van der Waals surface area (Å²) in [5.41, 5.74) is 0. The molecule has 0 aromatic carbocycles. The van der Waals surface area contributed by atoms with Gasteiger partial charge in [0.2, 0.25) is 0 Å². The van der Waals surface area contributed by atoms with Crippen molar-refractivity contribution in [3.8, 4) is 0 Å². The minimum absolute atomic E-state index is 0.215. The summed E-state index contributed by atoms with van der Waals surface area (Å²) >= 11 is 0. The molecule has 0 aliphatic carbocycles. The Labute approximate surface area is 404 Å². The van der Waals surface area contributed by atoms with Crippen molar-refractivity contribution in [2.24, 2.45) is 0 Å². The lowest BCUT2D eigenvalue weighted by molar-refractivity contribution is -0.161. The summed E-state index contributed by atoms with van der Waals surface area (Å²) in [6, 6.07) is 0. The average Bonchev–Trinajstić information content (AvgIpc) is 3.30. The van der Waals surface area contributed by atoms with E-state index in [2.05, 4.69) is 18.4 Å². The molecule has 0 rings (SSSR count). The standard InChI is InChI=1S/C56H111O8P/c1-4-6-8-10-12-14-16-18-20-22-24-26-28-29-31-33-35-37-39-41-43-45-47-49-51-56(58)64-54(53-63-65(59,60)61-3)52-62-55(57)50-48-46-44-42-40-38-36-34-32-30-27-25-23-21-19-17-15-13-11-9-7-5-2/h54H,4-53H2,1-3H3,(H,59,60). The van der Waals surface area contributed by atoms with Gasteiger partial charge in [-0.25, -0.2) is 4.57 Å². The van der Waals surface area contributed by atoms with Crippen molar-refractivity contribution in [3.63, 3.8) is 0 Å². The minimum atomic E-state index is -4.26. The molecular formula is C56H111O8P. The highest BCUT2D eigenvalue weighted by Crippen LogP contribution is 2.42. The van der Waals surface area contributed by atoms with Crippen molar-refractivity contribution < 1.29 is 37.6 Å². The number of rotatable bonds is 55. The second-order valence-corrected chi connectivity index (χ2v) is 21.4. The van der Waals surface area contributed by atoms with Crippen molar-refractivity contribution in [2.45, 2.75) is 328 Å². The molecule has 0 heterocycles. The monoisotopic (exact) mass is 943 g/mol. The first-order valence-corrected chi connectivity index (χ1v) is 30.2. The number of ether oxygens (including phenoxy) is 2. The largest absolute Gasteiger partial charge is 0.472 e. The van der Waals surface area contributed by atoms with Gasteiger partial charge in [0.15, 0.2) is 6.10 Å².